The number of halogens is 4. The van der Waals surface area contributed by atoms with Gasteiger partial charge in [-0.15, -0.1) is 0 Å². The van der Waals surface area contributed by atoms with Crippen molar-refractivity contribution in [1.29, 1.82) is 5.26 Å². The number of nitrogens with zero attached hydrogens (tertiary/aromatic N) is 2. The van der Waals surface area contributed by atoms with Gasteiger partial charge in [0.2, 0.25) is 12.0 Å². The fourth-order valence-electron chi connectivity index (χ4n) is 6.25. The van der Waals surface area contributed by atoms with Crippen molar-refractivity contribution in [2.24, 2.45) is 17.8 Å². The van der Waals surface area contributed by atoms with Gasteiger partial charge in [0, 0.05) is 24.1 Å². The maximum absolute atomic E-state index is 14.3. The van der Waals surface area contributed by atoms with Gasteiger partial charge in [-0.05, 0) is 62.3 Å². The summed E-state index contributed by atoms with van der Waals surface area (Å²) >= 11 is 6.41. The number of hydrogen-bond acceptors (Lipinski definition) is 5. The largest absolute Gasteiger partial charge is 0.495 e. The van der Waals surface area contributed by atoms with E-state index in [2.05, 4.69) is 6.07 Å². The smallest absolute Gasteiger partial charge is 0.425 e. The molecule has 1 saturated heterocycles. The van der Waals surface area contributed by atoms with Gasteiger partial charge in [0.1, 0.15) is 5.75 Å². The Bertz CT molecular complexity index is 1250. The molecule has 1 aliphatic carbocycles. The molecule has 1 saturated carbocycles. The fraction of sp³-hybridized carbons (Fsp3) is 0.483. The van der Waals surface area contributed by atoms with Gasteiger partial charge in [0.15, 0.2) is 0 Å². The van der Waals surface area contributed by atoms with Crippen molar-refractivity contribution in [3.63, 3.8) is 0 Å². The minimum absolute atomic E-state index is 0.0702. The molecule has 1 unspecified atom stereocenters. The Hall–Kier alpha value is -3.25. The molecule has 0 spiro atoms. The molecule has 39 heavy (non-hydrogen) atoms. The molecular formula is C29H30ClF3N2O4. The van der Waals surface area contributed by atoms with Crippen LogP contribution in [0.1, 0.15) is 54.1 Å². The highest BCUT2D eigenvalue weighted by molar-refractivity contribution is 6.33. The lowest BCUT2D eigenvalue weighted by atomic mass is 9.64. The van der Waals surface area contributed by atoms with E-state index in [1.54, 1.807) is 35.2 Å². The molecule has 2 aliphatic rings. The second-order valence-electron chi connectivity index (χ2n) is 10.2. The zero-order chi connectivity index (χ0) is 28.3. The summed E-state index contributed by atoms with van der Waals surface area (Å²) in [6.45, 7) is 2.12. The van der Waals surface area contributed by atoms with Crippen molar-refractivity contribution in [3.05, 3.63) is 64.2 Å². The van der Waals surface area contributed by atoms with Gasteiger partial charge < -0.3 is 14.4 Å². The Morgan fingerprint density at radius 1 is 1.13 bits per heavy atom. The van der Waals surface area contributed by atoms with Crippen LogP contribution in [0.2, 0.25) is 5.02 Å². The summed E-state index contributed by atoms with van der Waals surface area (Å²) in [5.74, 6) is -2.33. The van der Waals surface area contributed by atoms with Crippen molar-refractivity contribution in [2.45, 2.75) is 57.3 Å². The molecule has 4 rings (SSSR count). The molecular weight excluding hydrogens is 533 g/mol. The molecule has 1 aliphatic heterocycles. The molecule has 5 atom stereocenters. The number of ether oxygens (including phenoxy) is 2. The average molecular weight is 563 g/mol. The first-order chi connectivity index (χ1) is 18.6. The van der Waals surface area contributed by atoms with Crippen LogP contribution < -0.4 is 4.74 Å². The van der Waals surface area contributed by atoms with Crippen LogP contribution in [0.4, 0.5) is 13.2 Å². The molecule has 1 amide bonds. The summed E-state index contributed by atoms with van der Waals surface area (Å²) < 4.78 is 53.2. The van der Waals surface area contributed by atoms with E-state index in [-0.39, 0.29) is 52.9 Å². The lowest BCUT2D eigenvalue weighted by molar-refractivity contribution is -0.233. The third-order valence-electron chi connectivity index (χ3n) is 8.14. The number of amides is 1. The third-order valence-corrected chi connectivity index (χ3v) is 8.56. The molecule has 0 N–H and O–H groups in total. The zero-order valence-corrected chi connectivity index (χ0v) is 22.5. The number of benzene rings is 2. The van der Waals surface area contributed by atoms with Crippen LogP contribution in [0, 0.1) is 29.1 Å². The molecule has 0 bridgehead atoms. The topological polar surface area (TPSA) is 79.6 Å². The van der Waals surface area contributed by atoms with Crippen molar-refractivity contribution in [2.75, 3.05) is 13.7 Å². The standard InChI is InChI=1S/C29H30ClF3N2O4/c1-17-20-9-6-10-22(27(29(31,32)33)39-28(37)18-7-4-3-5-8-18)21(20)13-14-35(17)25(36)15-23-19(16-34)11-12-24(38-2)26(23)30/h3-5,7-8,11-12,17,20-22,27H,6,9-10,13-15H2,1-2H3/t17-,20+,21+,22+,27?/m0/s1. The van der Waals surface area contributed by atoms with Gasteiger partial charge in [0.25, 0.3) is 0 Å². The van der Waals surface area contributed by atoms with E-state index in [4.69, 9.17) is 21.1 Å². The summed E-state index contributed by atoms with van der Waals surface area (Å²) in [6, 6.07) is 12.5. The van der Waals surface area contributed by atoms with Crippen LogP contribution in [0.5, 0.6) is 5.75 Å². The maximum Gasteiger partial charge on any atom is 0.425 e. The number of nitriles is 1. The monoisotopic (exact) mass is 562 g/mol. The molecule has 0 aromatic heterocycles. The van der Waals surface area contributed by atoms with Gasteiger partial charge >= 0.3 is 12.1 Å². The highest BCUT2D eigenvalue weighted by Crippen LogP contribution is 2.48. The predicted octanol–water partition coefficient (Wildman–Crippen LogP) is 6.20. The molecule has 2 aromatic rings. The first-order valence-electron chi connectivity index (χ1n) is 12.9. The minimum atomic E-state index is -4.72. The Balaban J connectivity index is 1.53. The summed E-state index contributed by atoms with van der Waals surface area (Å²) in [4.78, 5) is 27.7. The van der Waals surface area contributed by atoms with Crippen molar-refractivity contribution >= 4 is 23.5 Å². The molecule has 2 aromatic carbocycles. The Labute approximate surface area is 230 Å². The molecule has 208 valence electrons. The van der Waals surface area contributed by atoms with Gasteiger partial charge in [-0.1, -0.05) is 36.2 Å². The number of methoxy groups -OCH3 is 1. The van der Waals surface area contributed by atoms with Gasteiger partial charge in [-0.2, -0.15) is 18.4 Å². The maximum atomic E-state index is 14.3. The summed E-state index contributed by atoms with van der Waals surface area (Å²) in [7, 11) is 1.44. The Kier molecular flexibility index (Phi) is 8.75. The van der Waals surface area contributed by atoms with Crippen molar-refractivity contribution < 1.29 is 32.2 Å². The van der Waals surface area contributed by atoms with Gasteiger partial charge in [-0.25, -0.2) is 4.79 Å². The summed E-state index contributed by atoms with van der Waals surface area (Å²) in [5.41, 5.74) is 0.702. The van der Waals surface area contributed by atoms with Crippen LogP contribution in [0.15, 0.2) is 42.5 Å². The second-order valence-corrected chi connectivity index (χ2v) is 10.5. The number of carbonyl (C=O) groups excluding carboxylic acids is 2. The molecule has 6 nitrogen and oxygen atoms in total. The van der Waals surface area contributed by atoms with E-state index >= 15 is 0 Å². The molecule has 2 fully saturated rings. The van der Waals surface area contributed by atoms with Gasteiger partial charge in [0.05, 0.1) is 35.7 Å². The Morgan fingerprint density at radius 2 is 1.85 bits per heavy atom. The number of alkyl halides is 3. The number of rotatable bonds is 6. The van der Waals surface area contributed by atoms with Crippen LogP contribution in [0.3, 0.4) is 0 Å². The number of fused-ring (bicyclic) bond motifs is 1. The summed E-state index contributed by atoms with van der Waals surface area (Å²) in [6.07, 6.45) is -5.20. The first kappa shape index (κ1) is 28.8. The van der Waals surface area contributed by atoms with E-state index in [0.717, 1.165) is 0 Å². The number of piperidine rings is 1. The molecule has 10 heteroatoms. The SMILES string of the molecule is COc1ccc(C#N)c(CC(=O)N2CC[C@@H]3[C@H](CCC[C@H]3C(OC(=O)c3ccccc3)C(F)(F)F)[C@@H]2C)c1Cl. The van der Waals surface area contributed by atoms with E-state index < -0.39 is 24.2 Å². The summed E-state index contributed by atoms with van der Waals surface area (Å²) in [5, 5.41) is 9.71. The van der Waals surface area contributed by atoms with Crippen molar-refractivity contribution in [1.82, 2.24) is 4.90 Å². The lowest BCUT2D eigenvalue weighted by Crippen LogP contribution is -2.56. The van der Waals surface area contributed by atoms with Gasteiger partial charge in [-0.3, -0.25) is 4.79 Å². The fourth-order valence-corrected chi connectivity index (χ4v) is 6.56. The highest BCUT2D eigenvalue weighted by Gasteiger charge is 2.54. The molecule has 1 heterocycles. The third kappa shape index (κ3) is 6.01. The van der Waals surface area contributed by atoms with Crippen LogP contribution in [-0.2, 0) is 16.0 Å². The van der Waals surface area contributed by atoms with Crippen LogP contribution in [0.25, 0.3) is 0 Å². The quantitative estimate of drug-likeness (QED) is 0.391. The van der Waals surface area contributed by atoms with E-state index in [1.807, 2.05) is 6.92 Å². The highest BCUT2D eigenvalue weighted by atomic mass is 35.5. The number of hydrogen-bond donors (Lipinski definition) is 0. The molecule has 0 radical (unpaired) electrons. The van der Waals surface area contributed by atoms with E-state index in [0.29, 0.717) is 37.0 Å². The first-order valence-corrected chi connectivity index (χ1v) is 13.3. The number of likely N-dealkylation sites (tertiary alicyclic amines) is 1. The zero-order valence-electron chi connectivity index (χ0n) is 21.7. The number of esters is 1. The predicted molar refractivity (Wildman–Crippen MR) is 138 cm³/mol. The average Bonchev–Trinajstić information content (AvgIpc) is 2.92. The van der Waals surface area contributed by atoms with Crippen LogP contribution >= 0.6 is 11.6 Å². The number of carbonyl (C=O) groups is 2. The van der Waals surface area contributed by atoms with Crippen molar-refractivity contribution in [3.8, 4) is 11.8 Å². The van der Waals surface area contributed by atoms with Crippen LogP contribution in [-0.4, -0.2) is 48.8 Å². The van der Waals surface area contributed by atoms with E-state index in [1.165, 1.54) is 19.2 Å². The van der Waals surface area contributed by atoms with E-state index in [9.17, 15) is 28.0 Å². The minimum Gasteiger partial charge on any atom is -0.495 e. The Morgan fingerprint density at radius 3 is 2.49 bits per heavy atom. The lowest BCUT2D eigenvalue weighted by Gasteiger charge is -2.51. The normalized spacial score (nSPS) is 23.8. The second kappa shape index (κ2) is 11.9.